The summed E-state index contributed by atoms with van der Waals surface area (Å²) in [6, 6.07) is 4.92. The molecule has 3 N–H and O–H groups in total. The molecule has 152 valence electrons. The Morgan fingerprint density at radius 3 is 2.59 bits per heavy atom. The van der Waals surface area contributed by atoms with Gasteiger partial charge in [-0.3, -0.25) is 9.78 Å². The van der Waals surface area contributed by atoms with Crippen molar-refractivity contribution in [3.63, 3.8) is 0 Å². The van der Waals surface area contributed by atoms with Gasteiger partial charge in [0.15, 0.2) is 0 Å². The second kappa shape index (κ2) is 8.24. The maximum Gasteiger partial charge on any atom is 0.349 e. The first-order valence-corrected chi connectivity index (χ1v) is 10.2. The minimum Gasteiger partial charge on any atom is -0.393 e. The second-order valence-electron chi connectivity index (χ2n) is 6.51. The number of thiocarbonyl (C=S) groups is 1. The summed E-state index contributed by atoms with van der Waals surface area (Å²) in [7, 11) is 0. The van der Waals surface area contributed by atoms with E-state index in [-0.39, 0.29) is 10.7 Å². The van der Waals surface area contributed by atoms with Crippen LogP contribution in [0.3, 0.4) is 0 Å². The number of allylic oxidation sites excluding steroid dienone is 4. The number of hydrogen-bond acceptors (Lipinski definition) is 4. The van der Waals surface area contributed by atoms with Gasteiger partial charge in [-0.15, -0.1) is 11.6 Å². The van der Waals surface area contributed by atoms with E-state index in [1.807, 2.05) is 0 Å². The topological polar surface area (TPSA) is 93.8 Å². The number of nitrogens with zero attached hydrogens (tertiary/aromatic N) is 2. The minimum absolute atomic E-state index is 0.225. The van der Waals surface area contributed by atoms with Crippen LogP contribution in [0.5, 0.6) is 0 Å². The van der Waals surface area contributed by atoms with Crippen molar-refractivity contribution < 1.29 is 0 Å². The fraction of sp³-hybridized carbons (Fsp3) is 0.222. The smallest absolute Gasteiger partial charge is 0.349 e. The molecule has 29 heavy (non-hydrogen) atoms. The van der Waals surface area contributed by atoms with Crippen LogP contribution in [0.4, 0.5) is 0 Å². The molecule has 3 atom stereocenters. The number of alkyl halides is 1. The molecule has 0 fully saturated rings. The van der Waals surface area contributed by atoms with Gasteiger partial charge in [0.05, 0.1) is 25.6 Å². The Bertz CT molecular complexity index is 1170. The highest BCUT2D eigenvalue weighted by Gasteiger charge is 2.45. The highest BCUT2D eigenvalue weighted by Crippen LogP contribution is 2.51. The van der Waals surface area contributed by atoms with E-state index in [0.29, 0.717) is 20.6 Å². The van der Waals surface area contributed by atoms with E-state index in [0.717, 1.165) is 10.9 Å². The van der Waals surface area contributed by atoms with Crippen molar-refractivity contribution in [2.24, 2.45) is 17.6 Å². The third kappa shape index (κ3) is 4.15. The number of nitrogens with two attached hydrogens (primary N) is 1. The molecule has 1 aliphatic carbocycles. The molecule has 1 aromatic carbocycles. The number of aromatic amines is 1. The van der Waals surface area contributed by atoms with Crippen molar-refractivity contribution in [2.45, 2.75) is 11.8 Å². The number of hydrogen-bond donors (Lipinski definition) is 2. The Hall–Kier alpha value is -1.64. The number of H-pyrrole nitrogens is 1. The molecule has 0 saturated carbocycles. The van der Waals surface area contributed by atoms with Gasteiger partial charge in [0, 0.05) is 16.9 Å². The van der Waals surface area contributed by atoms with Crippen LogP contribution in [0.25, 0.3) is 5.70 Å². The van der Waals surface area contributed by atoms with E-state index < -0.39 is 28.0 Å². The minimum atomic E-state index is -1.28. The lowest BCUT2D eigenvalue weighted by Gasteiger charge is -2.40. The maximum absolute atomic E-state index is 12.2. The first kappa shape index (κ1) is 22.1. The first-order valence-electron chi connectivity index (χ1n) is 8.27. The Morgan fingerprint density at radius 2 is 2.00 bits per heavy atom. The number of nitrogens with one attached hydrogen (secondary N) is 1. The highest BCUT2D eigenvalue weighted by atomic mass is 35.5. The Labute approximate surface area is 190 Å². The summed E-state index contributed by atoms with van der Waals surface area (Å²) >= 11 is 31.1. The lowest BCUT2D eigenvalue weighted by atomic mass is 9.74. The van der Waals surface area contributed by atoms with Crippen molar-refractivity contribution >= 4 is 69.3 Å². The largest absolute Gasteiger partial charge is 0.393 e. The summed E-state index contributed by atoms with van der Waals surface area (Å²) in [6.07, 6.45) is 4.11. The predicted molar refractivity (Wildman–Crippen MR) is 121 cm³/mol. The predicted octanol–water partition coefficient (Wildman–Crippen LogP) is 3.89. The molecule has 11 heteroatoms. The maximum atomic E-state index is 12.2. The molecule has 0 aliphatic heterocycles. The third-order valence-electron chi connectivity index (χ3n) is 4.66. The number of aromatic nitrogens is 3. The highest BCUT2D eigenvalue weighted by molar-refractivity contribution is 7.80. The van der Waals surface area contributed by atoms with Crippen molar-refractivity contribution in [1.29, 1.82) is 0 Å². The fourth-order valence-corrected chi connectivity index (χ4v) is 4.70. The zero-order valence-electron chi connectivity index (χ0n) is 14.8. The zero-order valence-corrected chi connectivity index (χ0v) is 18.7. The lowest BCUT2D eigenvalue weighted by molar-refractivity contribution is 0.437. The molecule has 3 rings (SSSR count). The number of halogens is 4. The van der Waals surface area contributed by atoms with Gasteiger partial charge in [0.2, 0.25) is 0 Å². The molecule has 0 spiro atoms. The normalized spacial score (nSPS) is 22.6. The van der Waals surface area contributed by atoms with Crippen molar-refractivity contribution in [3.05, 3.63) is 78.0 Å². The summed E-state index contributed by atoms with van der Waals surface area (Å²) < 4.78 is 0.986. The van der Waals surface area contributed by atoms with Gasteiger partial charge in [-0.2, -0.15) is 9.78 Å². The monoisotopic (exact) mass is 490 g/mol. The van der Waals surface area contributed by atoms with Gasteiger partial charge in [0.25, 0.3) is 5.56 Å². The molecular formula is C18H14Cl4N4O2S. The van der Waals surface area contributed by atoms with E-state index in [2.05, 4.69) is 10.1 Å². The second-order valence-corrected chi connectivity index (χ2v) is 8.86. The standard InChI is InChI=1S/C18H14Cl4N4O2S/c1-8(16(23)29)15-13(21)5-10(26-17(28)25-14(27)7-24-26)6-18(15,22)9-2-3-11(19)12(20)4-9/h2-8,15H,1H3,(H2,23,29)(H,25,27,28). The molecule has 6 nitrogen and oxygen atoms in total. The molecule has 0 amide bonds. The number of benzene rings is 1. The van der Waals surface area contributed by atoms with E-state index >= 15 is 0 Å². The van der Waals surface area contributed by atoms with Gasteiger partial charge in [-0.1, -0.05) is 60.0 Å². The summed E-state index contributed by atoms with van der Waals surface area (Å²) in [5, 5.41) is 4.83. The Morgan fingerprint density at radius 1 is 1.31 bits per heavy atom. The first-order chi connectivity index (χ1) is 13.5. The van der Waals surface area contributed by atoms with E-state index in [9.17, 15) is 9.59 Å². The van der Waals surface area contributed by atoms with E-state index in [1.165, 1.54) is 6.08 Å². The van der Waals surface area contributed by atoms with Crippen LogP contribution < -0.4 is 17.0 Å². The quantitative estimate of drug-likeness (QED) is 0.499. The van der Waals surface area contributed by atoms with Crippen LogP contribution in [-0.2, 0) is 4.87 Å². The van der Waals surface area contributed by atoms with Crippen LogP contribution in [0.1, 0.15) is 12.5 Å². The van der Waals surface area contributed by atoms with Gasteiger partial charge in [-0.05, 0) is 29.8 Å². The van der Waals surface area contributed by atoms with Crippen LogP contribution >= 0.6 is 58.6 Å². The van der Waals surface area contributed by atoms with Crippen molar-refractivity contribution in [2.75, 3.05) is 0 Å². The van der Waals surface area contributed by atoms with Gasteiger partial charge < -0.3 is 5.73 Å². The van der Waals surface area contributed by atoms with Gasteiger partial charge in [-0.25, -0.2) is 4.79 Å². The van der Waals surface area contributed by atoms with Crippen LogP contribution in [0.2, 0.25) is 10.0 Å². The molecular weight excluding hydrogens is 478 g/mol. The lowest BCUT2D eigenvalue weighted by Crippen LogP contribution is -2.41. The van der Waals surface area contributed by atoms with Gasteiger partial charge in [0.1, 0.15) is 6.20 Å². The molecule has 3 unspecified atom stereocenters. The van der Waals surface area contributed by atoms with Crippen molar-refractivity contribution in [1.82, 2.24) is 14.8 Å². The SMILES string of the molecule is CC(C(N)=S)C1C(Cl)=CC(n2ncc(=O)[nH]c2=O)=CC1(Cl)c1ccc(Cl)c(Cl)c1. The molecule has 0 bridgehead atoms. The summed E-state index contributed by atoms with van der Waals surface area (Å²) in [4.78, 5) is 24.7. The Kier molecular flexibility index (Phi) is 6.27. The Balaban J connectivity index is 2.27. The zero-order chi connectivity index (χ0) is 21.5. The summed E-state index contributed by atoms with van der Waals surface area (Å²) in [5.41, 5.74) is 5.36. The average molecular weight is 492 g/mol. The molecule has 0 radical (unpaired) electrons. The van der Waals surface area contributed by atoms with E-state index in [1.54, 1.807) is 31.2 Å². The van der Waals surface area contributed by atoms with Crippen LogP contribution in [-0.4, -0.2) is 19.8 Å². The molecule has 0 saturated heterocycles. The molecule has 2 aromatic rings. The third-order valence-corrected chi connectivity index (χ3v) is 6.68. The number of rotatable bonds is 4. The molecule has 1 aromatic heterocycles. The van der Waals surface area contributed by atoms with E-state index in [4.69, 9.17) is 64.4 Å². The fourth-order valence-electron chi connectivity index (χ4n) is 3.20. The molecule has 1 heterocycles. The van der Waals surface area contributed by atoms with Gasteiger partial charge >= 0.3 is 5.69 Å². The molecule has 1 aliphatic rings. The van der Waals surface area contributed by atoms with Crippen LogP contribution in [0.15, 0.2) is 51.2 Å². The summed E-state index contributed by atoms with van der Waals surface area (Å²) in [5.74, 6) is -0.943. The van der Waals surface area contributed by atoms with Crippen LogP contribution in [0, 0.1) is 11.8 Å². The summed E-state index contributed by atoms with van der Waals surface area (Å²) in [6.45, 7) is 1.81. The van der Waals surface area contributed by atoms with Crippen molar-refractivity contribution in [3.8, 4) is 0 Å². The average Bonchev–Trinajstić information content (AvgIpc) is 2.63.